The third-order valence-corrected chi connectivity index (χ3v) is 6.33. The van der Waals surface area contributed by atoms with Crippen LogP contribution in [0.1, 0.15) is 70.4 Å². The lowest BCUT2D eigenvalue weighted by Crippen LogP contribution is -2.43. The molecule has 1 aromatic carbocycles. The molecular formula is C21H31N3O5S. The quantitative estimate of drug-likeness (QED) is 0.609. The third-order valence-electron chi connectivity index (χ3n) is 5.36. The molecule has 1 atom stereocenters. The summed E-state index contributed by atoms with van der Waals surface area (Å²) in [5.74, 6) is 0.277. The van der Waals surface area contributed by atoms with Gasteiger partial charge in [0.25, 0.3) is 10.0 Å². The number of sulfonamides is 1. The SMILES string of the molecule is CC(C)c1cccc(C(C)C)c1NC(=O)NS(=O)(=O)/C=C/[C@]1(C)CCCN1C(=O)O. The summed E-state index contributed by atoms with van der Waals surface area (Å²) in [4.78, 5) is 25.0. The maximum absolute atomic E-state index is 12.5. The number of hydrogen-bond acceptors (Lipinski definition) is 4. The summed E-state index contributed by atoms with van der Waals surface area (Å²) < 4.78 is 26.8. The zero-order valence-corrected chi connectivity index (χ0v) is 18.9. The standard InChI is InChI=1S/C21H31N3O5S/c1-14(2)16-8-6-9-17(15(3)4)18(16)22-19(25)23-30(28,29)13-11-21(5)10-7-12-24(21)20(26)27/h6,8-9,11,13-15H,7,10,12H2,1-5H3,(H,26,27)(H2,22,23,25)/b13-11+/t21-/m0/s1. The van der Waals surface area contributed by atoms with Gasteiger partial charge >= 0.3 is 12.1 Å². The van der Waals surface area contributed by atoms with Crippen molar-refractivity contribution in [2.24, 2.45) is 0 Å². The molecule has 2 rings (SSSR count). The van der Waals surface area contributed by atoms with Crippen molar-refractivity contribution in [1.82, 2.24) is 9.62 Å². The Hall–Kier alpha value is -2.55. The number of rotatable bonds is 6. The monoisotopic (exact) mass is 437 g/mol. The van der Waals surface area contributed by atoms with Crippen LogP contribution < -0.4 is 10.0 Å². The van der Waals surface area contributed by atoms with Crippen LogP contribution in [0.3, 0.4) is 0 Å². The van der Waals surface area contributed by atoms with E-state index in [1.54, 1.807) is 6.92 Å². The molecule has 0 aliphatic carbocycles. The van der Waals surface area contributed by atoms with Gasteiger partial charge in [0.1, 0.15) is 0 Å². The minimum Gasteiger partial charge on any atom is -0.465 e. The number of carboxylic acid groups (broad SMARTS) is 1. The first-order valence-corrected chi connectivity index (χ1v) is 11.6. The first kappa shape index (κ1) is 23.7. The van der Waals surface area contributed by atoms with Crippen LogP contribution in [0.25, 0.3) is 0 Å². The van der Waals surface area contributed by atoms with Gasteiger partial charge in [-0.1, -0.05) is 45.9 Å². The zero-order valence-electron chi connectivity index (χ0n) is 18.1. The zero-order chi connectivity index (χ0) is 22.7. The average molecular weight is 438 g/mol. The summed E-state index contributed by atoms with van der Waals surface area (Å²) in [6.45, 7) is 10.00. The van der Waals surface area contributed by atoms with Gasteiger partial charge in [-0.15, -0.1) is 0 Å². The highest BCUT2D eigenvalue weighted by Gasteiger charge is 2.38. The number of amides is 3. The van der Waals surface area contributed by atoms with E-state index in [0.717, 1.165) is 16.5 Å². The lowest BCUT2D eigenvalue weighted by atomic mass is 9.93. The molecule has 3 N–H and O–H groups in total. The Labute approximate surface area is 178 Å². The number of hydrogen-bond donors (Lipinski definition) is 3. The van der Waals surface area contributed by atoms with Crippen LogP contribution in [0.2, 0.25) is 0 Å². The van der Waals surface area contributed by atoms with E-state index in [0.29, 0.717) is 25.1 Å². The first-order chi connectivity index (χ1) is 13.9. The van der Waals surface area contributed by atoms with Crippen LogP contribution in [0.15, 0.2) is 29.7 Å². The Kier molecular flexibility index (Phi) is 7.18. The van der Waals surface area contributed by atoms with Crippen molar-refractivity contribution in [1.29, 1.82) is 0 Å². The van der Waals surface area contributed by atoms with Crippen LogP contribution in [0, 0.1) is 0 Å². The number of likely N-dealkylation sites (tertiary alicyclic amines) is 1. The fourth-order valence-corrected chi connectivity index (χ4v) is 4.56. The Morgan fingerprint density at radius 1 is 1.17 bits per heavy atom. The summed E-state index contributed by atoms with van der Waals surface area (Å²) in [6.07, 6.45) is 1.38. The fraction of sp³-hybridized carbons (Fsp3) is 0.524. The maximum Gasteiger partial charge on any atom is 0.407 e. The molecule has 9 heteroatoms. The molecule has 1 fully saturated rings. The number of benzene rings is 1. The van der Waals surface area contributed by atoms with Gasteiger partial charge in [0.15, 0.2) is 0 Å². The molecule has 30 heavy (non-hydrogen) atoms. The lowest BCUT2D eigenvalue weighted by molar-refractivity contribution is 0.126. The highest BCUT2D eigenvalue weighted by atomic mass is 32.2. The van der Waals surface area contributed by atoms with Gasteiger partial charge in [0.2, 0.25) is 0 Å². The van der Waals surface area contributed by atoms with E-state index in [-0.39, 0.29) is 11.8 Å². The van der Waals surface area contributed by atoms with Crippen molar-refractivity contribution < 1.29 is 23.1 Å². The van der Waals surface area contributed by atoms with Gasteiger partial charge in [-0.25, -0.2) is 22.7 Å². The van der Waals surface area contributed by atoms with Crippen LogP contribution in [-0.2, 0) is 10.0 Å². The minimum absolute atomic E-state index is 0.139. The topological polar surface area (TPSA) is 116 Å². The van der Waals surface area contributed by atoms with Gasteiger partial charge in [-0.2, -0.15) is 0 Å². The molecular weight excluding hydrogens is 406 g/mol. The van der Waals surface area contributed by atoms with Crippen LogP contribution in [0.5, 0.6) is 0 Å². The van der Waals surface area contributed by atoms with Gasteiger partial charge in [-0.3, -0.25) is 4.90 Å². The van der Waals surface area contributed by atoms with Crippen molar-refractivity contribution in [3.05, 3.63) is 40.8 Å². The minimum atomic E-state index is -4.10. The molecule has 1 aliphatic heterocycles. The Morgan fingerprint density at radius 2 is 1.73 bits per heavy atom. The van der Waals surface area contributed by atoms with E-state index >= 15 is 0 Å². The molecule has 166 valence electrons. The van der Waals surface area contributed by atoms with Gasteiger partial charge in [0.05, 0.1) is 5.54 Å². The van der Waals surface area contributed by atoms with Crippen LogP contribution in [0.4, 0.5) is 15.3 Å². The molecule has 0 bridgehead atoms. The fourth-order valence-electron chi connectivity index (χ4n) is 3.71. The molecule has 0 spiro atoms. The molecule has 1 aromatic rings. The number of nitrogens with zero attached hydrogens (tertiary/aromatic N) is 1. The summed E-state index contributed by atoms with van der Waals surface area (Å²) >= 11 is 0. The highest BCUT2D eigenvalue weighted by Crippen LogP contribution is 2.32. The Morgan fingerprint density at radius 3 is 2.23 bits per heavy atom. The number of carbonyl (C=O) groups excluding carboxylic acids is 1. The number of anilines is 1. The smallest absolute Gasteiger partial charge is 0.407 e. The first-order valence-electron chi connectivity index (χ1n) is 10.0. The van der Waals surface area contributed by atoms with E-state index < -0.39 is 27.7 Å². The van der Waals surface area contributed by atoms with Crippen LogP contribution >= 0.6 is 0 Å². The normalized spacial score (nSPS) is 19.6. The molecule has 8 nitrogen and oxygen atoms in total. The van der Waals surface area contributed by atoms with Gasteiger partial charge < -0.3 is 10.4 Å². The molecule has 0 unspecified atom stereocenters. The van der Waals surface area contributed by atoms with Crippen LogP contribution in [-0.4, -0.2) is 42.6 Å². The molecule has 0 aromatic heterocycles. The second-order valence-corrected chi connectivity index (χ2v) is 9.99. The largest absolute Gasteiger partial charge is 0.465 e. The lowest BCUT2D eigenvalue weighted by Gasteiger charge is -2.29. The number of para-hydroxylation sites is 1. The molecule has 0 radical (unpaired) electrons. The highest BCUT2D eigenvalue weighted by molar-refractivity contribution is 7.92. The van der Waals surface area contributed by atoms with Crippen molar-refractivity contribution in [3.63, 3.8) is 0 Å². The summed E-state index contributed by atoms with van der Waals surface area (Å²) in [5, 5.41) is 12.9. The second-order valence-electron chi connectivity index (χ2n) is 8.42. The number of nitrogens with one attached hydrogen (secondary N) is 2. The summed E-state index contributed by atoms with van der Waals surface area (Å²) in [7, 11) is -4.10. The molecule has 1 aliphatic rings. The van der Waals surface area contributed by atoms with E-state index in [1.807, 2.05) is 50.6 Å². The molecule has 1 heterocycles. The van der Waals surface area contributed by atoms with Gasteiger partial charge in [0, 0.05) is 17.6 Å². The van der Waals surface area contributed by atoms with Crippen molar-refractivity contribution in [2.75, 3.05) is 11.9 Å². The van der Waals surface area contributed by atoms with Crippen molar-refractivity contribution in [3.8, 4) is 0 Å². The van der Waals surface area contributed by atoms with Crippen molar-refractivity contribution in [2.45, 2.75) is 64.8 Å². The van der Waals surface area contributed by atoms with E-state index in [2.05, 4.69) is 5.32 Å². The predicted molar refractivity (Wildman–Crippen MR) is 117 cm³/mol. The summed E-state index contributed by atoms with van der Waals surface area (Å²) in [6, 6.07) is 4.87. The molecule has 1 saturated heterocycles. The van der Waals surface area contributed by atoms with E-state index in [9.17, 15) is 23.1 Å². The van der Waals surface area contributed by atoms with Crippen molar-refractivity contribution >= 4 is 27.8 Å². The molecule has 3 amide bonds. The van der Waals surface area contributed by atoms with Gasteiger partial charge in [-0.05, 0) is 48.8 Å². The predicted octanol–water partition coefficient (Wildman–Crippen LogP) is 4.43. The number of carbonyl (C=O) groups is 2. The van der Waals surface area contributed by atoms with E-state index in [4.69, 9.17) is 0 Å². The Bertz CT molecular complexity index is 914. The Balaban J connectivity index is 2.19. The maximum atomic E-state index is 12.5. The summed E-state index contributed by atoms with van der Waals surface area (Å²) in [5.41, 5.74) is 1.52. The van der Waals surface area contributed by atoms with E-state index in [1.165, 1.54) is 11.0 Å². The number of urea groups is 1. The third kappa shape index (κ3) is 5.53. The average Bonchev–Trinajstić information content (AvgIpc) is 3.02. The molecule has 0 saturated carbocycles. The second kappa shape index (κ2) is 9.07.